The zero-order valence-electron chi connectivity index (χ0n) is 11.2. The summed E-state index contributed by atoms with van der Waals surface area (Å²) in [5, 5.41) is 17.5. The molecular formula is C11H12F8O3. The van der Waals surface area contributed by atoms with Gasteiger partial charge in [-0.3, -0.25) is 0 Å². The number of carboxylic acids is 1. The van der Waals surface area contributed by atoms with Crippen molar-refractivity contribution < 1.29 is 50.1 Å². The average Bonchev–Trinajstić information content (AvgIpc) is 2.24. The molecule has 22 heavy (non-hydrogen) atoms. The summed E-state index contributed by atoms with van der Waals surface area (Å²) in [7, 11) is 0. The van der Waals surface area contributed by atoms with Crippen molar-refractivity contribution >= 4 is 5.97 Å². The molecule has 3 nitrogen and oxygen atoms in total. The van der Waals surface area contributed by atoms with Gasteiger partial charge in [0.15, 0.2) is 5.67 Å². The van der Waals surface area contributed by atoms with E-state index in [4.69, 9.17) is 10.2 Å². The van der Waals surface area contributed by atoms with E-state index in [2.05, 4.69) is 0 Å². The summed E-state index contributed by atoms with van der Waals surface area (Å²) in [5.74, 6) is -15.0. The Kier molecular flexibility index (Phi) is 5.63. The molecule has 11 heteroatoms. The predicted octanol–water partition coefficient (Wildman–Crippen LogP) is 3.33. The molecule has 0 fully saturated rings. The second-order valence-electron chi connectivity index (χ2n) is 4.75. The lowest BCUT2D eigenvalue weighted by atomic mass is 9.90. The molecule has 0 aliphatic heterocycles. The number of hydrogen-bond donors (Lipinski definition) is 2. The van der Waals surface area contributed by atoms with Gasteiger partial charge in [-0.15, -0.1) is 0 Å². The van der Waals surface area contributed by atoms with Crippen molar-refractivity contribution in [3.8, 4) is 0 Å². The Balaban J connectivity index is 5.93. The number of hydrogen-bond acceptors (Lipinski definition) is 2. The molecule has 0 aromatic rings. The van der Waals surface area contributed by atoms with Crippen LogP contribution in [-0.4, -0.2) is 46.0 Å². The Morgan fingerprint density at radius 3 is 1.73 bits per heavy atom. The van der Waals surface area contributed by atoms with Crippen LogP contribution in [0.4, 0.5) is 35.1 Å². The fourth-order valence-corrected chi connectivity index (χ4v) is 1.43. The van der Waals surface area contributed by atoms with Gasteiger partial charge in [0, 0.05) is 12.0 Å². The average molecular weight is 344 g/mol. The Bertz CT molecular complexity index is 451. The van der Waals surface area contributed by atoms with Crippen LogP contribution in [-0.2, 0) is 4.79 Å². The summed E-state index contributed by atoms with van der Waals surface area (Å²) in [6, 6.07) is 0. The van der Waals surface area contributed by atoms with Crippen LogP contribution in [0.3, 0.4) is 0 Å². The number of allylic oxidation sites excluding steroid dienone is 1. The number of carbonyl (C=O) groups is 1. The molecule has 0 radical (unpaired) electrons. The van der Waals surface area contributed by atoms with Gasteiger partial charge in [0.25, 0.3) is 0 Å². The Hall–Kier alpha value is -1.39. The molecule has 2 unspecified atom stereocenters. The minimum absolute atomic E-state index is 0.308. The second-order valence-corrected chi connectivity index (χ2v) is 4.75. The topological polar surface area (TPSA) is 57.5 Å². The number of halogens is 8. The molecule has 0 aromatic heterocycles. The number of aliphatic carboxylic acids is 1. The normalized spacial score (nSPS) is 18.8. The molecular weight excluding hydrogens is 332 g/mol. The largest absolute Gasteiger partial charge is 0.478 e. The first-order valence-corrected chi connectivity index (χ1v) is 5.61. The smallest absolute Gasteiger partial charge is 0.460 e. The highest BCUT2D eigenvalue weighted by Gasteiger charge is 2.78. The van der Waals surface area contributed by atoms with E-state index in [1.165, 1.54) is 0 Å². The van der Waals surface area contributed by atoms with Gasteiger partial charge in [-0.05, 0) is 19.9 Å². The maximum Gasteiger partial charge on any atom is 0.460 e. The lowest BCUT2D eigenvalue weighted by molar-refractivity contribution is -0.373. The molecule has 0 bridgehead atoms. The van der Waals surface area contributed by atoms with Crippen LogP contribution in [0.2, 0.25) is 0 Å². The van der Waals surface area contributed by atoms with Gasteiger partial charge in [0.2, 0.25) is 0 Å². The zero-order chi connectivity index (χ0) is 18.1. The van der Waals surface area contributed by atoms with Crippen molar-refractivity contribution in [3.05, 3.63) is 11.6 Å². The van der Waals surface area contributed by atoms with Crippen molar-refractivity contribution in [2.75, 3.05) is 0 Å². The van der Waals surface area contributed by atoms with Gasteiger partial charge in [0.1, 0.15) is 0 Å². The highest BCUT2D eigenvalue weighted by atomic mass is 19.4. The lowest BCUT2D eigenvalue weighted by Crippen LogP contribution is -2.60. The summed E-state index contributed by atoms with van der Waals surface area (Å²) in [5.41, 5.74) is -5.90. The van der Waals surface area contributed by atoms with Crippen LogP contribution >= 0.6 is 0 Å². The van der Waals surface area contributed by atoms with Crippen LogP contribution < -0.4 is 0 Å². The zero-order valence-corrected chi connectivity index (χ0v) is 11.2. The van der Waals surface area contributed by atoms with E-state index in [0.717, 1.165) is 6.92 Å². The summed E-state index contributed by atoms with van der Waals surface area (Å²) in [6.07, 6.45) is -9.70. The SMILES string of the molecule is CC(O)CC(=CC(C)(F)C(F)(F)C(F)(F)C(F)(F)F)C(=O)O. The Morgan fingerprint density at radius 2 is 1.45 bits per heavy atom. The minimum Gasteiger partial charge on any atom is -0.478 e. The molecule has 0 aliphatic rings. The number of carboxylic acid groups (broad SMARTS) is 1. The fourth-order valence-electron chi connectivity index (χ4n) is 1.43. The van der Waals surface area contributed by atoms with Gasteiger partial charge in [-0.1, -0.05) is 0 Å². The second kappa shape index (κ2) is 6.01. The number of aliphatic hydroxyl groups is 1. The van der Waals surface area contributed by atoms with E-state index in [1.807, 2.05) is 0 Å². The minimum atomic E-state index is -6.74. The van der Waals surface area contributed by atoms with E-state index in [9.17, 15) is 39.9 Å². The third-order valence-corrected chi connectivity index (χ3v) is 2.60. The highest BCUT2D eigenvalue weighted by molar-refractivity contribution is 5.86. The van der Waals surface area contributed by atoms with Gasteiger partial charge in [0.05, 0.1) is 6.10 Å². The maximum absolute atomic E-state index is 13.8. The van der Waals surface area contributed by atoms with Gasteiger partial charge in [-0.2, -0.15) is 30.7 Å². The highest BCUT2D eigenvalue weighted by Crippen LogP contribution is 2.53. The molecule has 0 saturated heterocycles. The number of alkyl halides is 8. The Morgan fingerprint density at radius 1 is 1.05 bits per heavy atom. The molecule has 0 heterocycles. The summed E-state index contributed by atoms with van der Waals surface area (Å²) < 4.78 is 102. The molecule has 0 rings (SSSR count). The third kappa shape index (κ3) is 3.87. The number of aliphatic hydroxyl groups excluding tert-OH is 1. The van der Waals surface area contributed by atoms with Crippen LogP contribution in [0.15, 0.2) is 11.6 Å². The molecule has 0 spiro atoms. The predicted molar refractivity (Wildman–Crippen MR) is 57.5 cm³/mol. The standard InChI is InChI=1S/C11H12F8O3/c1-5(20)3-6(7(21)22)4-8(2,12)9(13,14)10(15,16)11(17,18)19/h4-5,20H,3H2,1-2H3,(H,21,22). The van der Waals surface area contributed by atoms with E-state index in [0.29, 0.717) is 0 Å². The van der Waals surface area contributed by atoms with Crippen LogP contribution in [0, 0.1) is 0 Å². The van der Waals surface area contributed by atoms with E-state index < -0.39 is 53.8 Å². The molecule has 0 amide bonds. The van der Waals surface area contributed by atoms with Gasteiger partial charge < -0.3 is 10.2 Å². The fraction of sp³-hybridized carbons (Fsp3) is 0.727. The molecule has 0 aliphatic carbocycles. The first kappa shape index (κ1) is 20.6. The molecule has 130 valence electrons. The first-order valence-electron chi connectivity index (χ1n) is 5.61. The van der Waals surface area contributed by atoms with Gasteiger partial charge >= 0.3 is 24.0 Å². The van der Waals surface area contributed by atoms with Crippen LogP contribution in [0.25, 0.3) is 0 Å². The first-order chi connectivity index (χ1) is 9.47. The lowest BCUT2D eigenvalue weighted by Gasteiger charge is -2.35. The molecule has 0 saturated carbocycles. The summed E-state index contributed by atoms with van der Waals surface area (Å²) in [6.45, 7) is 0.673. The van der Waals surface area contributed by atoms with Crippen molar-refractivity contribution in [2.24, 2.45) is 0 Å². The van der Waals surface area contributed by atoms with Crippen molar-refractivity contribution in [3.63, 3.8) is 0 Å². The van der Waals surface area contributed by atoms with Crippen molar-refractivity contribution in [1.29, 1.82) is 0 Å². The van der Waals surface area contributed by atoms with Gasteiger partial charge in [-0.25, -0.2) is 9.18 Å². The summed E-state index contributed by atoms with van der Waals surface area (Å²) in [4.78, 5) is 10.7. The Labute approximate surface area is 119 Å². The van der Waals surface area contributed by atoms with E-state index in [-0.39, 0.29) is 6.92 Å². The molecule has 0 aromatic carbocycles. The van der Waals surface area contributed by atoms with E-state index in [1.54, 1.807) is 0 Å². The third-order valence-electron chi connectivity index (χ3n) is 2.60. The molecule has 2 N–H and O–H groups in total. The van der Waals surface area contributed by atoms with Crippen LogP contribution in [0.1, 0.15) is 20.3 Å². The van der Waals surface area contributed by atoms with Crippen molar-refractivity contribution in [2.45, 2.75) is 50.1 Å². The quantitative estimate of drug-likeness (QED) is 0.574. The number of rotatable bonds is 6. The van der Waals surface area contributed by atoms with Crippen molar-refractivity contribution in [1.82, 2.24) is 0 Å². The van der Waals surface area contributed by atoms with Crippen LogP contribution in [0.5, 0.6) is 0 Å². The monoisotopic (exact) mass is 344 g/mol. The summed E-state index contributed by atoms with van der Waals surface area (Å²) >= 11 is 0. The maximum atomic E-state index is 13.8. The molecule has 2 atom stereocenters. The van der Waals surface area contributed by atoms with E-state index >= 15 is 0 Å².